The predicted octanol–water partition coefficient (Wildman–Crippen LogP) is 3.75. The first-order chi connectivity index (χ1) is 15.8. The monoisotopic (exact) mass is 455 g/mol. The standard InChI is InChI=1S/C24H23F2N3O4/c1-15-19(16(2)33-27-15)14-32-22-6-4-3-5-18(22)24(31)29-11-9-28(10-12-29)23(30)17-7-8-20(25)21(26)13-17/h3-8,13H,9-12,14H2,1-2H3. The van der Waals surface area contributed by atoms with E-state index in [0.29, 0.717) is 30.2 Å². The Morgan fingerprint density at radius 1 is 0.970 bits per heavy atom. The third-order valence-corrected chi connectivity index (χ3v) is 5.69. The number of aromatic nitrogens is 1. The van der Waals surface area contributed by atoms with Crippen molar-refractivity contribution in [3.8, 4) is 5.75 Å². The van der Waals surface area contributed by atoms with Gasteiger partial charge in [-0.1, -0.05) is 17.3 Å². The largest absolute Gasteiger partial charge is 0.488 e. The highest BCUT2D eigenvalue weighted by Crippen LogP contribution is 2.24. The number of benzene rings is 2. The highest BCUT2D eigenvalue weighted by molar-refractivity contribution is 5.97. The van der Waals surface area contributed by atoms with E-state index in [-0.39, 0.29) is 31.2 Å². The second-order valence-electron chi connectivity index (χ2n) is 7.80. The number of ether oxygens (including phenoxy) is 1. The SMILES string of the molecule is Cc1noc(C)c1COc1ccccc1C(=O)N1CCN(C(=O)c2ccc(F)c(F)c2)CC1. The predicted molar refractivity (Wildman–Crippen MR) is 115 cm³/mol. The normalized spacial score (nSPS) is 13.8. The number of carbonyl (C=O) groups is 2. The van der Waals surface area contributed by atoms with Crippen molar-refractivity contribution in [2.24, 2.45) is 0 Å². The number of nitrogens with zero attached hydrogens (tertiary/aromatic N) is 3. The molecule has 1 aliphatic heterocycles. The van der Waals surface area contributed by atoms with E-state index in [0.717, 1.165) is 23.4 Å². The maximum absolute atomic E-state index is 13.5. The molecule has 2 aromatic carbocycles. The first kappa shape index (κ1) is 22.4. The molecule has 1 saturated heterocycles. The molecule has 1 aromatic heterocycles. The fourth-order valence-electron chi connectivity index (χ4n) is 3.72. The van der Waals surface area contributed by atoms with Crippen molar-refractivity contribution in [2.45, 2.75) is 20.5 Å². The van der Waals surface area contributed by atoms with Gasteiger partial charge in [-0.2, -0.15) is 0 Å². The summed E-state index contributed by atoms with van der Waals surface area (Å²) in [5.74, 6) is -1.56. The molecule has 9 heteroatoms. The van der Waals surface area contributed by atoms with Crippen molar-refractivity contribution in [1.29, 1.82) is 0 Å². The zero-order chi connectivity index (χ0) is 23.5. The minimum Gasteiger partial charge on any atom is -0.488 e. The van der Waals surface area contributed by atoms with Crippen LogP contribution in [-0.2, 0) is 6.61 Å². The maximum atomic E-state index is 13.5. The zero-order valence-corrected chi connectivity index (χ0v) is 18.3. The van der Waals surface area contributed by atoms with E-state index < -0.39 is 17.5 Å². The summed E-state index contributed by atoms with van der Waals surface area (Å²) in [7, 11) is 0. The number of hydrogen-bond acceptors (Lipinski definition) is 5. The van der Waals surface area contributed by atoms with Gasteiger partial charge in [-0.15, -0.1) is 0 Å². The van der Waals surface area contributed by atoms with Crippen LogP contribution in [0.3, 0.4) is 0 Å². The van der Waals surface area contributed by atoms with Gasteiger partial charge in [0.15, 0.2) is 11.6 Å². The van der Waals surface area contributed by atoms with Crippen LogP contribution in [0.2, 0.25) is 0 Å². The summed E-state index contributed by atoms with van der Waals surface area (Å²) in [6.07, 6.45) is 0. The molecule has 0 aliphatic carbocycles. The summed E-state index contributed by atoms with van der Waals surface area (Å²) >= 11 is 0. The van der Waals surface area contributed by atoms with Crippen LogP contribution in [-0.4, -0.2) is 52.9 Å². The molecule has 1 aliphatic rings. The first-order valence-electron chi connectivity index (χ1n) is 10.5. The van der Waals surface area contributed by atoms with Crippen LogP contribution >= 0.6 is 0 Å². The van der Waals surface area contributed by atoms with Gasteiger partial charge in [0.2, 0.25) is 0 Å². The van der Waals surface area contributed by atoms with Gasteiger partial charge in [0.25, 0.3) is 11.8 Å². The molecule has 0 bridgehead atoms. The lowest BCUT2D eigenvalue weighted by molar-refractivity contribution is 0.0532. The summed E-state index contributed by atoms with van der Waals surface area (Å²) in [6, 6.07) is 10.1. The van der Waals surface area contributed by atoms with E-state index in [4.69, 9.17) is 9.26 Å². The molecule has 0 spiro atoms. The molecule has 33 heavy (non-hydrogen) atoms. The molecule has 1 fully saturated rings. The number of hydrogen-bond donors (Lipinski definition) is 0. The zero-order valence-electron chi connectivity index (χ0n) is 18.3. The van der Waals surface area contributed by atoms with Crippen molar-refractivity contribution in [3.05, 3.63) is 82.2 Å². The lowest BCUT2D eigenvalue weighted by Gasteiger charge is -2.35. The molecule has 7 nitrogen and oxygen atoms in total. The number of para-hydroxylation sites is 1. The van der Waals surface area contributed by atoms with Crippen molar-refractivity contribution in [2.75, 3.05) is 26.2 Å². The van der Waals surface area contributed by atoms with Crippen molar-refractivity contribution < 1.29 is 27.6 Å². The van der Waals surface area contributed by atoms with Gasteiger partial charge in [0, 0.05) is 31.7 Å². The number of amides is 2. The van der Waals surface area contributed by atoms with Gasteiger partial charge in [-0.25, -0.2) is 8.78 Å². The van der Waals surface area contributed by atoms with Crippen LogP contribution in [0, 0.1) is 25.5 Å². The second-order valence-corrected chi connectivity index (χ2v) is 7.80. The Balaban J connectivity index is 1.40. The van der Waals surface area contributed by atoms with E-state index in [9.17, 15) is 18.4 Å². The molecule has 2 amide bonds. The molecule has 0 N–H and O–H groups in total. The van der Waals surface area contributed by atoms with Gasteiger partial charge in [0.1, 0.15) is 18.1 Å². The second kappa shape index (κ2) is 9.40. The molecular weight excluding hydrogens is 432 g/mol. The van der Waals surface area contributed by atoms with Crippen molar-refractivity contribution >= 4 is 11.8 Å². The number of halogens is 2. The molecule has 172 valence electrons. The molecular formula is C24H23F2N3O4. The van der Waals surface area contributed by atoms with Gasteiger partial charge in [0.05, 0.1) is 16.8 Å². The van der Waals surface area contributed by atoms with E-state index in [2.05, 4.69) is 5.16 Å². The topological polar surface area (TPSA) is 75.9 Å². The smallest absolute Gasteiger partial charge is 0.257 e. The van der Waals surface area contributed by atoms with Crippen molar-refractivity contribution in [1.82, 2.24) is 15.0 Å². The van der Waals surface area contributed by atoms with Crippen molar-refractivity contribution in [3.63, 3.8) is 0 Å². The minimum absolute atomic E-state index is 0.0757. The molecule has 3 aromatic rings. The van der Waals surface area contributed by atoms with E-state index in [1.807, 2.05) is 6.92 Å². The lowest BCUT2D eigenvalue weighted by Crippen LogP contribution is -2.50. The third-order valence-electron chi connectivity index (χ3n) is 5.69. The van der Waals surface area contributed by atoms with Gasteiger partial charge >= 0.3 is 0 Å². The number of rotatable bonds is 5. The molecule has 0 atom stereocenters. The average molecular weight is 455 g/mol. The fourth-order valence-corrected chi connectivity index (χ4v) is 3.72. The highest BCUT2D eigenvalue weighted by atomic mass is 19.2. The number of piperazine rings is 1. The summed E-state index contributed by atoms with van der Waals surface area (Å²) in [5, 5.41) is 3.91. The Hall–Kier alpha value is -3.75. The Bertz CT molecular complexity index is 1170. The van der Waals surface area contributed by atoms with Crippen LogP contribution in [0.25, 0.3) is 0 Å². The molecule has 2 heterocycles. The van der Waals surface area contributed by atoms with E-state index in [1.165, 1.54) is 11.0 Å². The van der Waals surface area contributed by atoms with Crippen LogP contribution < -0.4 is 4.74 Å². The summed E-state index contributed by atoms with van der Waals surface area (Å²) in [4.78, 5) is 29.0. The summed E-state index contributed by atoms with van der Waals surface area (Å²) in [5.41, 5.74) is 2.07. The van der Waals surface area contributed by atoms with Crippen LogP contribution in [0.5, 0.6) is 5.75 Å². The Morgan fingerprint density at radius 2 is 1.64 bits per heavy atom. The van der Waals surface area contributed by atoms with Gasteiger partial charge in [-0.3, -0.25) is 9.59 Å². The highest BCUT2D eigenvalue weighted by Gasteiger charge is 2.27. The molecule has 0 unspecified atom stereocenters. The summed E-state index contributed by atoms with van der Waals surface area (Å²) in [6.45, 7) is 5.04. The van der Waals surface area contributed by atoms with Crippen LogP contribution in [0.1, 0.15) is 37.7 Å². The first-order valence-corrected chi connectivity index (χ1v) is 10.5. The van der Waals surface area contributed by atoms with Crippen LogP contribution in [0.15, 0.2) is 47.0 Å². The number of aryl methyl sites for hydroxylation is 2. The summed E-state index contributed by atoms with van der Waals surface area (Å²) < 4.78 is 37.7. The Kier molecular flexibility index (Phi) is 6.39. The van der Waals surface area contributed by atoms with Gasteiger partial charge in [-0.05, 0) is 44.2 Å². The number of carbonyl (C=O) groups excluding carboxylic acids is 2. The Morgan fingerprint density at radius 3 is 2.27 bits per heavy atom. The third kappa shape index (κ3) is 4.72. The molecule has 0 saturated carbocycles. The maximum Gasteiger partial charge on any atom is 0.257 e. The quantitative estimate of drug-likeness (QED) is 0.586. The van der Waals surface area contributed by atoms with Gasteiger partial charge < -0.3 is 19.1 Å². The molecule has 4 rings (SSSR count). The minimum atomic E-state index is -1.07. The molecule has 0 radical (unpaired) electrons. The lowest BCUT2D eigenvalue weighted by atomic mass is 10.1. The average Bonchev–Trinajstić information content (AvgIpc) is 3.16. The fraction of sp³-hybridized carbons (Fsp3) is 0.292. The Labute approximate surface area is 189 Å². The van der Waals surface area contributed by atoms with E-state index >= 15 is 0 Å². The van der Waals surface area contributed by atoms with E-state index in [1.54, 1.807) is 36.1 Å². The van der Waals surface area contributed by atoms with Crippen LogP contribution in [0.4, 0.5) is 8.78 Å².